The number of para-hydroxylation sites is 1. The number of nitrogens with one attached hydrogen (secondary N) is 2. The second-order valence-corrected chi connectivity index (χ2v) is 6.85. The SMILES string of the molecule is C=CCOc1ccccc1CNC(=NC)NCc1ncc(C(C)(C)C)o1.I. The first-order valence-corrected chi connectivity index (χ1v) is 8.65. The van der Waals surface area contributed by atoms with E-state index in [9.17, 15) is 0 Å². The van der Waals surface area contributed by atoms with E-state index < -0.39 is 0 Å². The molecule has 6 nitrogen and oxygen atoms in total. The molecule has 2 N–H and O–H groups in total. The normalized spacial score (nSPS) is 11.5. The summed E-state index contributed by atoms with van der Waals surface area (Å²) in [6.45, 7) is 11.5. The highest BCUT2D eigenvalue weighted by Crippen LogP contribution is 2.22. The van der Waals surface area contributed by atoms with E-state index in [4.69, 9.17) is 9.15 Å². The molecule has 0 amide bonds. The molecule has 0 saturated heterocycles. The molecule has 148 valence electrons. The molecule has 0 aliphatic heterocycles. The first-order chi connectivity index (χ1) is 12.4. The Bertz CT molecular complexity index is 750. The summed E-state index contributed by atoms with van der Waals surface area (Å²) in [5, 5.41) is 6.48. The zero-order valence-electron chi connectivity index (χ0n) is 16.4. The predicted molar refractivity (Wildman–Crippen MR) is 120 cm³/mol. The average molecular weight is 484 g/mol. The third-order valence-electron chi connectivity index (χ3n) is 3.70. The first-order valence-electron chi connectivity index (χ1n) is 8.65. The highest BCUT2D eigenvalue weighted by atomic mass is 127. The van der Waals surface area contributed by atoms with Crippen LogP contribution in [0.4, 0.5) is 0 Å². The summed E-state index contributed by atoms with van der Waals surface area (Å²) < 4.78 is 11.5. The van der Waals surface area contributed by atoms with Crippen molar-refractivity contribution in [2.24, 2.45) is 4.99 Å². The second-order valence-electron chi connectivity index (χ2n) is 6.85. The van der Waals surface area contributed by atoms with Gasteiger partial charge < -0.3 is 19.8 Å². The van der Waals surface area contributed by atoms with E-state index in [1.807, 2.05) is 24.3 Å². The van der Waals surface area contributed by atoms with Gasteiger partial charge in [0.2, 0.25) is 5.89 Å². The van der Waals surface area contributed by atoms with Crippen molar-refractivity contribution in [2.45, 2.75) is 39.3 Å². The van der Waals surface area contributed by atoms with Crippen molar-refractivity contribution in [2.75, 3.05) is 13.7 Å². The van der Waals surface area contributed by atoms with Crippen LogP contribution in [0.25, 0.3) is 0 Å². The molecule has 0 spiro atoms. The lowest BCUT2D eigenvalue weighted by Gasteiger charge is -2.14. The van der Waals surface area contributed by atoms with Gasteiger partial charge in [-0.05, 0) is 6.07 Å². The van der Waals surface area contributed by atoms with E-state index >= 15 is 0 Å². The van der Waals surface area contributed by atoms with Crippen molar-refractivity contribution in [3.63, 3.8) is 0 Å². The summed E-state index contributed by atoms with van der Waals surface area (Å²) in [5.41, 5.74) is 0.990. The zero-order chi connectivity index (χ0) is 19.0. The summed E-state index contributed by atoms with van der Waals surface area (Å²) in [6, 6.07) is 7.89. The van der Waals surface area contributed by atoms with E-state index in [2.05, 4.69) is 48.0 Å². The van der Waals surface area contributed by atoms with Gasteiger partial charge in [0.1, 0.15) is 18.1 Å². The summed E-state index contributed by atoms with van der Waals surface area (Å²) in [5.74, 6) is 3.00. The fourth-order valence-electron chi connectivity index (χ4n) is 2.24. The Labute approximate surface area is 178 Å². The van der Waals surface area contributed by atoms with Crippen LogP contribution >= 0.6 is 24.0 Å². The largest absolute Gasteiger partial charge is 0.489 e. The van der Waals surface area contributed by atoms with Crippen LogP contribution in [0, 0.1) is 0 Å². The molecule has 1 aromatic carbocycles. The van der Waals surface area contributed by atoms with E-state index in [-0.39, 0.29) is 29.4 Å². The molecular weight excluding hydrogens is 455 g/mol. The number of aliphatic imine (C=N–C) groups is 1. The van der Waals surface area contributed by atoms with Crippen molar-refractivity contribution in [1.82, 2.24) is 15.6 Å². The van der Waals surface area contributed by atoms with Crippen LogP contribution in [-0.2, 0) is 18.5 Å². The molecule has 27 heavy (non-hydrogen) atoms. The van der Waals surface area contributed by atoms with Gasteiger partial charge in [0.15, 0.2) is 5.96 Å². The summed E-state index contributed by atoms with van der Waals surface area (Å²) in [4.78, 5) is 8.55. The molecule has 0 aliphatic rings. The minimum Gasteiger partial charge on any atom is -0.489 e. The number of rotatable bonds is 7. The smallest absolute Gasteiger partial charge is 0.213 e. The monoisotopic (exact) mass is 484 g/mol. The number of aromatic nitrogens is 1. The van der Waals surface area contributed by atoms with Gasteiger partial charge in [0, 0.05) is 24.6 Å². The van der Waals surface area contributed by atoms with Crippen molar-refractivity contribution in [3.8, 4) is 5.75 Å². The number of guanidine groups is 1. The topological polar surface area (TPSA) is 71.7 Å². The van der Waals surface area contributed by atoms with Crippen LogP contribution in [0.2, 0.25) is 0 Å². The second kappa shape index (κ2) is 11.0. The van der Waals surface area contributed by atoms with E-state index in [0.717, 1.165) is 17.1 Å². The fourth-order valence-corrected chi connectivity index (χ4v) is 2.24. The lowest BCUT2D eigenvalue weighted by atomic mass is 9.94. The van der Waals surface area contributed by atoms with Crippen LogP contribution in [0.5, 0.6) is 5.75 Å². The van der Waals surface area contributed by atoms with E-state index in [1.54, 1.807) is 19.3 Å². The van der Waals surface area contributed by atoms with Gasteiger partial charge in [-0.25, -0.2) is 4.98 Å². The van der Waals surface area contributed by atoms with Crippen molar-refractivity contribution in [3.05, 3.63) is 60.3 Å². The van der Waals surface area contributed by atoms with Crippen LogP contribution < -0.4 is 15.4 Å². The van der Waals surface area contributed by atoms with Gasteiger partial charge in [-0.1, -0.05) is 51.6 Å². The van der Waals surface area contributed by atoms with Gasteiger partial charge >= 0.3 is 0 Å². The number of benzene rings is 1. The van der Waals surface area contributed by atoms with Crippen molar-refractivity contribution < 1.29 is 9.15 Å². The molecule has 0 unspecified atom stereocenters. The van der Waals surface area contributed by atoms with Gasteiger partial charge in [0.25, 0.3) is 0 Å². The Hall–Kier alpha value is -2.03. The minimum atomic E-state index is -0.0552. The Morgan fingerprint density at radius 1 is 1.26 bits per heavy atom. The van der Waals surface area contributed by atoms with E-state index in [0.29, 0.717) is 31.5 Å². The number of halogens is 1. The number of ether oxygens (including phenoxy) is 1. The van der Waals surface area contributed by atoms with Crippen molar-refractivity contribution >= 4 is 29.9 Å². The number of oxazole rings is 1. The first kappa shape index (κ1) is 23.0. The van der Waals surface area contributed by atoms with Gasteiger partial charge in [-0.15, -0.1) is 24.0 Å². The Kier molecular flexibility index (Phi) is 9.34. The third-order valence-corrected chi connectivity index (χ3v) is 3.70. The minimum absolute atomic E-state index is 0. The Morgan fingerprint density at radius 3 is 2.59 bits per heavy atom. The molecule has 7 heteroatoms. The molecule has 1 aromatic heterocycles. The number of nitrogens with zero attached hydrogens (tertiary/aromatic N) is 2. The van der Waals surface area contributed by atoms with Crippen LogP contribution in [0.1, 0.15) is 38.0 Å². The molecule has 1 heterocycles. The van der Waals surface area contributed by atoms with Gasteiger partial charge in [-0.2, -0.15) is 0 Å². The molecule has 0 aliphatic carbocycles. The Morgan fingerprint density at radius 2 is 1.96 bits per heavy atom. The average Bonchev–Trinajstić information content (AvgIpc) is 3.10. The molecule has 2 aromatic rings. The summed E-state index contributed by atoms with van der Waals surface area (Å²) in [6.07, 6.45) is 3.51. The van der Waals surface area contributed by atoms with E-state index in [1.165, 1.54) is 0 Å². The lowest BCUT2D eigenvalue weighted by Crippen LogP contribution is -2.36. The quantitative estimate of drug-likeness (QED) is 0.269. The molecule has 0 atom stereocenters. The summed E-state index contributed by atoms with van der Waals surface area (Å²) >= 11 is 0. The fraction of sp³-hybridized carbons (Fsp3) is 0.400. The maximum Gasteiger partial charge on any atom is 0.213 e. The van der Waals surface area contributed by atoms with Gasteiger partial charge in [-0.3, -0.25) is 4.99 Å². The molecule has 2 rings (SSSR count). The van der Waals surface area contributed by atoms with Crippen molar-refractivity contribution in [1.29, 1.82) is 0 Å². The zero-order valence-corrected chi connectivity index (χ0v) is 18.7. The molecule has 0 saturated carbocycles. The number of hydrogen-bond acceptors (Lipinski definition) is 4. The van der Waals surface area contributed by atoms with Crippen LogP contribution in [0.3, 0.4) is 0 Å². The van der Waals surface area contributed by atoms with Gasteiger partial charge in [0.05, 0.1) is 12.7 Å². The third kappa shape index (κ3) is 7.24. The Balaban J connectivity index is 0.00000364. The molecular formula is C20H29IN4O2. The van der Waals surface area contributed by atoms with Crippen LogP contribution in [0.15, 0.2) is 52.5 Å². The number of hydrogen-bond donors (Lipinski definition) is 2. The molecule has 0 fully saturated rings. The standard InChI is InChI=1S/C20H28N4O2.HI/c1-6-11-25-16-10-8-7-9-15(16)12-23-19(21-5)24-14-18-22-13-17(26-18)20(2,3)4;/h6-10,13H,1,11-12,14H2,2-5H3,(H2,21,23,24);1H. The lowest BCUT2D eigenvalue weighted by molar-refractivity contribution is 0.358. The molecule has 0 bridgehead atoms. The predicted octanol–water partition coefficient (Wildman–Crippen LogP) is 4.02. The maximum atomic E-state index is 5.78. The summed E-state index contributed by atoms with van der Waals surface area (Å²) in [7, 11) is 1.73. The highest BCUT2D eigenvalue weighted by Gasteiger charge is 2.19. The van der Waals surface area contributed by atoms with Crippen LogP contribution in [-0.4, -0.2) is 24.6 Å². The highest BCUT2D eigenvalue weighted by molar-refractivity contribution is 14.0. The maximum absolute atomic E-state index is 5.78. The molecule has 0 radical (unpaired) electrons.